The van der Waals surface area contributed by atoms with Crippen molar-refractivity contribution in [2.45, 2.75) is 65.1 Å². The van der Waals surface area contributed by atoms with E-state index in [1.165, 1.54) is 18.3 Å². The molecule has 1 heterocycles. The molecule has 1 amide bonds. The molecule has 0 atom stereocenters. The molecule has 6 nitrogen and oxygen atoms in total. The normalized spacial score (nSPS) is 13.1. The predicted molar refractivity (Wildman–Crippen MR) is 126 cm³/mol. The van der Waals surface area contributed by atoms with Crippen molar-refractivity contribution in [3.8, 4) is 5.75 Å². The molecule has 182 valence electrons. The van der Waals surface area contributed by atoms with Crippen molar-refractivity contribution in [3.63, 3.8) is 0 Å². The van der Waals surface area contributed by atoms with Crippen molar-refractivity contribution in [2.75, 3.05) is 0 Å². The molecule has 0 fully saturated rings. The average Bonchev–Trinajstić information content (AvgIpc) is 3.06. The number of nitrogens with zero attached hydrogens (tertiary/aromatic N) is 3. The Hall–Kier alpha value is -3.36. The van der Waals surface area contributed by atoms with Crippen LogP contribution in [0, 0.1) is 0 Å². The number of nitrogens with one attached hydrogen (secondary N) is 1. The number of hydrogen-bond donors (Lipinski definition) is 2. The second-order valence-corrected chi connectivity index (χ2v) is 10.3. The Morgan fingerprint density at radius 1 is 1.06 bits per heavy atom. The molecule has 2 aromatic carbocycles. The Labute approximate surface area is 196 Å². The van der Waals surface area contributed by atoms with E-state index in [-0.39, 0.29) is 27.6 Å². The minimum absolute atomic E-state index is 0.152. The molecule has 0 saturated heterocycles. The second-order valence-electron chi connectivity index (χ2n) is 10.3. The maximum absolute atomic E-state index is 13.4. The lowest BCUT2D eigenvalue weighted by molar-refractivity contribution is -0.147. The van der Waals surface area contributed by atoms with Gasteiger partial charge in [0.2, 0.25) is 5.82 Å². The number of amides is 1. The number of hydrazone groups is 1. The van der Waals surface area contributed by atoms with Crippen LogP contribution in [0.25, 0.3) is 11.0 Å². The molecule has 3 rings (SSSR count). The Morgan fingerprint density at radius 2 is 1.62 bits per heavy atom. The van der Waals surface area contributed by atoms with Crippen molar-refractivity contribution >= 4 is 23.2 Å². The van der Waals surface area contributed by atoms with Gasteiger partial charge in [0.15, 0.2) is 0 Å². The van der Waals surface area contributed by atoms with Crippen LogP contribution in [0.3, 0.4) is 0 Å². The molecule has 0 bridgehead atoms. The Bertz CT molecular complexity index is 1210. The van der Waals surface area contributed by atoms with Crippen LogP contribution in [0.5, 0.6) is 5.75 Å². The number of aromatic hydroxyl groups is 1. The SMILES string of the molecule is CC(C)(C)c1cc(C=NNC(=O)Cn2c(C(F)(F)F)nc3ccccc32)cc(C(C)(C)C)c1O. The molecule has 34 heavy (non-hydrogen) atoms. The summed E-state index contributed by atoms with van der Waals surface area (Å²) in [4.78, 5) is 16.1. The van der Waals surface area contributed by atoms with Gasteiger partial charge in [0.05, 0.1) is 17.2 Å². The molecule has 0 aliphatic rings. The summed E-state index contributed by atoms with van der Waals surface area (Å²) in [5.41, 5.74) is 4.08. The van der Waals surface area contributed by atoms with Gasteiger partial charge in [-0.25, -0.2) is 10.4 Å². The van der Waals surface area contributed by atoms with E-state index in [0.29, 0.717) is 5.56 Å². The highest BCUT2D eigenvalue weighted by Crippen LogP contribution is 2.39. The van der Waals surface area contributed by atoms with E-state index in [9.17, 15) is 23.1 Å². The zero-order valence-electron chi connectivity index (χ0n) is 20.1. The molecule has 2 N–H and O–H groups in total. The monoisotopic (exact) mass is 474 g/mol. The fourth-order valence-corrected chi connectivity index (χ4v) is 3.68. The van der Waals surface area contributed by atoms with Crippen LogP contribution in [0.15, 0.2) is 41.5 Å². The van der Waals surface area contributed by atoms with Crippen molar-refractivity contribution in [2.24, 2.45) is 5.10 Å². The van der Waals surface area contributed by atoms with Gasteiger partial charge >= 0.3 is 6.18 Å². The highest BCUT2D eigenvalue weighted by Gasteiger charge is 2.38. The highest BCUT2D eigenvalue weighted by atomic mass is 19.4. The smallest absolute Gasteiger partial charge is 0.449 e. The fraction of sp³-hybridized carbons (Fsp3) is 0.400. The molecular weight excluding hydrogens is 445 g/mol. The van der Waals surface area contributed by atoms with Crippen LogP contribution < -0.4 is 5.43 Å². The lowest BCUT2D eigenvalue weighted by Gasteiger charge is -2.27. The average molecular weight is 475 g/mol. The van der Waals surface area contributed by atoms with E-state index in [4.69, 9.17) is 0 Å². The molecule has 0 aliphatic heterocycles. The number of carbonyl (C=O) groups excluding carboxylic acids is 1. The zero-order chi connectivity index (χ0) is 25.5. The Balaban J connectivity index is 1.87. The number of benzene rings is 2. The van der Waals surface area contributed by atoms with Gasteiger partial charge in [-0.3, -0.25) is 4.79 Å². The number of carbonyl (C=O) groups is 1. The highest BCUT2D eigenvalue weighted by molar-refractivity contribution is 5.84. The van der Waals surface area contributed by atoms with Crippen LogP contribution >= 0.6 is 0 Å². The molecule has 3 aromatic rings. The Morgan fingerprint density at radius 3 is 2.15 bits per heavy atom. The van der Waals surface area contributed by atoms with E-state index >= 15 is 0 Å². The summed E-state index contributed by atoms with van der Waals surface area (Å²) in [6, 6.07) is 9.67. The van der Waals surface area contributed by atoms with Crippen molar-refractivity contribution in [1.29, 1.82) is 0 Å². The summed E-state index contributed by atoms with van der Waals surface area (Å²) in [6.07, 6.45) is -3.29. The third-order valence-electron chi connectivity index (χ3n) is 5.36. The maximum atomic E-state index is 13.4. The van der Waals surface area contributed by atoms with E-state index in [1.54, 1.807) is 24.3 Å². The Kier molecular flexibility index (Phi) is 6.52. The largest absolute Gasteiger partial charge is 0.507 e. The van der Waals surface area contributed by atoms with Gasteiger partial charge in [0.1, 0.15) is 12.3 Å². The van der Waals surface area contributed by atoms with Crippen LogP contribution in [-0.4, -0.2) is 26.8 Å². The van der Waals surface area contributed by atoms with Crippen LogP contribution in [0.4, 0.5) is 13.2 Å². The zero-order valence-corrected chi connectivity index (χ0v) is 20.1. The summed E-state index contributed by atoms with van der Waals surface area (Å²) < 4.78 is 41.2. The molecule has 1 aromatic heterocycles. The molecule has 0 aliphatic carbocycles. The van der Waals surface area contributed by atoms with Gasteiger partial charge in [-0.05, 0) is 40.7 Å². The number of rotatable bonds is 4. The van der Waals surface area contributed by atoms with Crippen molar-refractivity contribution in [1.82, 2.24) is 15.0 Å². The van der Waals surface area contributed by atoms with E-state index < -0.39 is 24.5 Å². The molecule has 0 radical (unpaired) electrons. The van der Waals surface area contributed by atoms with E-state index in [2.05, 4.69) is 15.5 Å². The van der Waals surface area contributed by atoms with Gasteiger partial charge in [0.25, 0.3) is 5.91 Å². The summed E-state index contributed by atoms with van der Waals surface area (Å²) in [5.74, 6) is -1.65. The van der Waals surface area contributed by atoms with E-state index in [0.717, 1.165) is 15.7 Å². The minimum Gasteiger partial charge on any atom is -0.507 e. The van der Waals surface area contributed by atoms with Crippen molar-refractivity contribution < 1.29 is 23.1 Å². The summed E-state index contributed by atoms with van der Waals surface area (Å²) in [7, 11) is 0. The second kappa shape index (κ2) is 8.77. The first-order valence-corrected chi connectivity index (χ1v) is 10.8. The number of imidazole rings is 1. The van der Waals surface area contributed by atoms with Gasteiger partial charge in [-0.2, -0.15) is 18.3 Å². The van der Waals surface area contributed by atoms with Gasteiger partial charge in [0, 0.05) is 11.1 Å². The summed E-state index contributed by atoms with van der Waals surface area (Å²) in [6.45, 7) is 11.3. The van der Waals surface area contributed by atoms with Crippen LogP contribution in [-0.2, 0) is 28.3 Å². The maximum Gasteiger partial charge on any atom is 0.449 e. The fourth-order valence-electron chi connectivity index (χ4n) is 3.68. The number of fused-ring (bicyclic) bond motifs is 1. The van der Waals surface area contributed by atoms with Gasteiger partial charge in [-0.1, -0.05) is 53.7 Å². The van der Waals surface area contributed by atoms with Crippen LogP contribution in [0.1, 0.15) is 64.1 Å². The first-order valence-electron chi connectivity index (χ1n) is 10.8. The van der Waals surface area contributed by atoms with E-state index in [1.807, 2.05) is 41.5 Å². The number of aromatic nitrogens is 2. The third kappa shape index (κ3) is 5.40. The number of para-hydroxylation sites is 2. The number of halogens is 3. The molecule has 9 heteroatoms. The molecule has 0 unspecified atom stereocenters. The van der Waals surface area contributed by atoms with Gasteiger partial charge in [-0.15, -0.1) is 0 Å². The summed E-state index contributed by atoms with van der Waals surface area (Å²) in [5, 5.41) is 14.8. The molecule has 0 spiro atoms. The topological polar surface area (TPSA) is 79.5 Å². The predicted octanol–water partition coefficient (Wildman–Crippen LogP) is 5.51. The quantitative estimate of drug-likeness (QED) is 0.387. The standard InChI is InChI=1S/C25H29F3N4O2/c1-23(2,3)16-11-15(12-17(21(16)34)24(4,5)6)13-29-31-20(33)14-32-19-10-8-7-9-18(19)30-22(32)25(26,27)28/h7-13,34H,14H2,1-6H3,(H,31,33). The molecule has 0 saturated carbocycles. The number of alkyl halides is 3. The number of phenolic OH excluding ortho intramolecular Hbond substituents is 1. The van der Waals surface area contributed by atoms with Gasteiger partial charge < -0.3 is 9.67 Å². The lowest BCUT2D eigenvalue weighted by atomic mass is 9.78. The van der Waals surface area contributed by atoms with Crippen LogP contribution in [0.2, 0.25) is 0 Å². The number of hydrogen-bond acceptors (Lipinski definition) is 4. The third-order valence-corrected chi connectivity index (χ3v) is 5.36. The first-order chi connectivity index (χ1) is 15.6. The first kappa shape index (κ1) is 25.3. The molecular formula is C25H29F3N4O2. The lowest BCUT2D eigenvalue weighted by Crippen LogP contribution is -2.26. The summed E-state index contributed by atoms with van der Waals surface area (Å²) >= 11 is 0. The number of phenols is 1. The van der Waals surface area contributed by atoms with Crippen molar-refractivity contribution in [3.05, 3.63) is 58.9 Å². The minimum atomic E-state index is -4.71.